The van der Waals surface area contributed by atoms with Crippen LogP contribution in [0.4, 0.5) is 0 Å². The van der Waals surface area contributed by atoms with Crippen LogP contribution in [0, 0.1) is 12.8 Å². The van der Waals surface area contributed by atoms with Gasteiger partial charge in [0.1, 0.15) is 0 Å². The Morgan fingerprint density at radius 2 is 1.42 bits per heavy atom. The molecule has 0 bridgehead atoms. The number of likely N-dealkylation sites (N-methyl/N-ethyl adjacent to an activating group) is 1. The molecule has 0 fully saturated rings. The van der Waals surface area contributed by atoms with E-state index < -0.39 is 0 Å². The summed E-state index contributed by atoms with van der Waals surface area (Å²) in [5, 5.41) is 3.06. The summed E-state index contributed by atoms with van der Waals surface area (Å²) in [7, 11) is 1.92. The summed E-state index contributed by atoms with van der Waals surface area (Å²) in [5.41, 5.74) is 8.49. The van der Waals surface area contributed by atoms with Crippen molar-refractivity contribution in [1.82, 2.24) is 5.32 Å². The van der Waals surface area contributed by atoms with Crippen molar-refractivity contribution < 1.29 is 0 Å². The summed E-state index contributed by atoms with van der Waals surface area (Å²) < 4.78 is 0. The number of hydrogen-bond acceptors (Lipinski definition) is 2. The van der Waals surface area contributed by atoms with Crippen LogP contribution in [-0.2, 0) is 0 Å². The fraction of sp³-hybridized carbons (Fsp3) is 0.586. The molecular weight excluding hydrogens is 376 g/mol. The molecule has 2 rings (SSSR count). The van der Waals surface area contributed by atoms with E-state index in [2.05, 4.69) is 93.7 Å². The summed E-state index contributed by atoms with van der Waals surface area (Å²) in [5.74, 6) is 0.532. The van der Waals surface area contributed by atoms with E-state index in [4.69, 9.17) is 5.73 Å². The molecule has 182 valence electrons. The lowest BCUT2D eigenvalue weighted by Gasteiger charge is -2.28. The summed E-state index contributed by atoms with van der Waals surface area (Å²) in [4.78, 5) is 0. The first-order chi connectivity index (χ1) is 14.8. The van der Waals surface area contributed by atoms with E-state index in [1.807, 2.05) is 55.5 Å². The first-order valence-corrected chi connectivity index (χ1v) is 12.3. The molecule has 0 unspecified atom stereocenters. The van der Waals surface area contributed by atoms with Gasteiger partial charge in [0.25, 0.3) is 0 Å². The Labute approximate surface area is 197 Å². The quantitative estimate of drug-likeness (QED) is 0.500. The smallest absolute Gasteiger partial charge is 0.0275 e. The molecule has 1 aliphatic rings. The molecule has 31 heavy (non-hydrogen) atoms. The lowest BCUT2D eigenvalue weighted by Crippen LogP contribution is -2.49. The Balaban J connectivity index is -0.000000160. The van der Waals surface area contributed by atoms with Crippen molar-refractivity contribution >= 4 is 6.08 Å². The second-order valence-corrected chi connectivity index (χ2v) is 6.98. The number of allylic oxidation sites excluding steroid dienone is 5. The topological polar surface area (TPSA) is 38.0 Å². The van der Waals surface area contributed by atoms with Gasteiger partial charge in [0.05, 0.1) is 0 Å². The minimum Gasteiger partial charge on any atom is -0.324 e. The van der Waals surface area contributed by atoms with Gasteiger partial charge in [-0.05, 0) is 57.7 Å². The summed E-state index contributed by atoms with van der Waals surface area (Å²) in [6.07, 6.45) is 15.2. The predicted octanol–water partition coefficient (Wildman–Crippen LogP) is 8.58. The molecule has 0 saturated carbocycles. The van der Waals surface area contributed by atoms with Crippen LogP contribution in [0.25, 0.3) is 6.08 Å². The highest BCUT2D eigenvalue weighted by molar-refractivity contribution is 5.52. The van der Waals surface area contributed by atoms with Crippen LogP contribution in [0.1, 0.15) is 93.2 Å². The minimum atomic E-state index is -0.0608. The van der Waals surface area contributed by atoms with Crippen LogP contribution in [0.2, 0.25) is 0 Å². The van der Waals surface area contributed by atoms with Gasteiger partial charge in [-0.15, -0.1) is 0 Å². The van der Waals surface area contributed by atoms with Crippen LogP contribution in [0.15, 0.2) is 54.6 Å². The van der Waals surface area contributed by atoms with Crippen molar-refractivity contribution in [3.05, 3.63) is 65.8 Å². The Bertz CT molecular complexity index is 525. The Morgan fingerprint density at radius 3 is 1.68 bits per heavy atom. The lowest BCUT2D eigenvalue weighted by atomic mass is 9.90. The molecule has 1 aromatic rings. The first-order valence-electron chi connectivity index (χ1n) is 12.3. The highest BCUT2D eigenvalue weighted by Gasteiger charge is 2.20. The summed E-state index contributed by atoms with van der Waals surface area (Å²) in [6, 6.07) is 8.36. The molecule has 1 aliphatic carbocycles. The van der Waals surface area contributed by atoms with Gasteiger partial charge in [-0.25, -0.2) is 0 Å². The van der Waals surface area contributed by atoms with Gasteiger partial charge >= 0.3 is 0 Å². The second-order valence-electron chi connectivity index (χ2n) is 6.98. The molecule has 1 atom stereocenters. The van der Waals surface area contributed by atoms with Gasteiger partial charge in [-0.2, -0.15) is 0 Å². The highest BCUT2D eigenvalue weighted by Crippen LogP contribution is 2.10. The predicted molar refractivity (Wildman–Crippen MR) is 149 cm³/mol. The molecule has 0 amide bonds. The third kappa shape index (κ3) is 24.5. The Morgan fingerprint density at radius 1 is 0.968 bits per heavy atom. The second kappa shape index (κ2) is 28.4. The largest absolute Gasteiger partial charge is 0.324 e. The normalized spacial score (nSPS) is 12.8. The number of nitrogens with one attached hydrogen (secondary N) is 1. The van der Waals surface area contributed by atoms with Crippen molar-refractivity contribution in [2.45, 2.75) is 94.5 Å². The van der Waals surface area contributed by atoms with E-state index in [0.717, 1.165) is 6.54 Å². The van der Waals surface area contributed by atoms with Crippen LogP contribution in [0.3, 0.4) is 0 Å². The van der Waals surface area contributed by atoms with Crippen LogP contribution < -0.4 is 11.1 Å². The van der Waals surface area contributed by atoms with Crippen molar-refractivity contribution in [2.75, 3.05) is 13.6 Å². The van der Waals surface area contributed by atoms with Gasteiger partial charge < -0.3 is 11.1 Å². The van der Waals surface area contributed by atoms with E-state index in [1.54, 1.807) is 0 Å². The van der Waals surface area contributed by atoms with Gasteiger partial charge in [0, 0.05) is 12.1 Å². The van der Waals surface area contributed by atoms with E-state index in [-0.39, 0.29) is 5.54 Å². The molecule has 0 aromatic heterocycles. The SMILES string of the molecule is C/C=C\c1ccccc1C.C1=CCCC=C1.CC.CC.CC.CNC[C@](C)(N)C(C)C. The van der Waals surface area contributed by atoms with Crippen molar-refractivity contribution in [1.29, 1.82) is 0 Å². The van der Waals surface area contributed by atoms with Gasteiger partial charge in [-0.3, -0.25) is 0 Å². The van der Waals surface area contributed by atoms with Crippen molar-refractivity contribution in [3.8, 4) is 0 Å². The third-order valence-electron chi connectivity index (χ3n) is 4.29. The minimum absolute atomic E-state index is 0.0608. The van der Waals surface area contributed by atoms with Gasteiger partial charge in [0.2, 0.25) is 0 Å². The van der Waals surface area contributed by atoms with E-state index in [0.29, 0.717) is 5.92 Å². The van der Waals surface area contributed by atoms with E-state index >= 15 is 0 Å². The maximum Gasteiger partial charge on any atom is 0.0275 e. The molecule has 0 aliphatic heterocycles. The molecule has 2 nitrogen and oxygen atoms in total. The molecule has 1 aromatic carbocycles. The van der Waals surface area contributed by atoms with E-state index in [1.165, 1.54) is 24.0 Å². The third-order valence-corrected chi connectivity index (χ3v) is 4.29. The zero-order valence-corrected chi connectivity index (χ0v) is 23.0. The number of aryl methyl sites for hydroxylation is 1. The molecule has 2 heteroatoms. The van der Waals surface area contributed by atoms with Gasteiger partial charge in [0.15, 0.2) is 0 Å². The van der Waals surface area contributed by atoms with Crippen molar-refractivity contribution in [3.63, 3.8) is 0 Å². The lowest BCUT2D eigenvalue weighted by molar-refractivity contribution is 0.330. The summed E-state index contributed by atoms with van der Waals surface area (Å²) >= 11 is 0. The van der Waals surface area contributed by atoms with Crippen LogP contribution in [0.5, 0.6) is 0 Å². The molecular formula is C29H56N2. The average molecular weight is 433 g/mol. The highest BCUT2D eigenvalue weighted by atomic mass is 14.9. The molecule has 0 spiro atoms. The number of rotatable bonds is 4. The first kappa shape index (κ1) is 36.7. The summed E-state index contributed by atoms with van der Waals surface area (Å²) in [6.45, 7) is 23.4. The van der Waals surface area contributed by atoms with Crippen LogP contribution in [-0.4, -0.2) is 19.1 Å². The van der Waals surface area contributed by atoms with Crippen LogP contribution >= 0.6 is 0 Å². The average Bonchev–Trinajstić information content (AvgIpc) is 2.81. The molecule has 0 saturated heterocycles. The Kier molecular flexibility index (Phi) is 33.6. The fourth-order valence-electron chi connectivity index (χ4n) is 2.08. The Hall–Kier alpha value is -1.64. The van der Waals surface area contributed by atoms with E-state index in [9.17, 15) is 0 Å². The zero-order valence-electron chi connectivity index (χ0n) is 23.0. The fourth-order valence-corrected chi connectivity index (χ4v) is 2.08. The number of hydrogen-bond donors (Lipinski definition) is 2. The van der Waals surface area contributed by atoms with Gasteiger partial charge in [-0.1, -0.05) is 116 Å². The maximum atomic E-state index is 5.91. The number of nitrogens with two attached hydrogens (primary N) is 1. The molecule has 0 radical (unpaired) electrons. The standard InChI is InChI=1S/C10H12.C7H18N2.C6H8.3C2H6/c1-3-6-10-8-5-4-7-9(10)2;1-6(2)7(3,8)5-9-4;1-2-4-6-5-3-1;3*1-2/h3-8H,1-2H3;6,9H,5,8H2,1-4H3;1-4H,5-6H2;3*1-2H3/b6-3-;;;;;/t;7-;;;;/m.0..../s1. The zero-order chi connectivity index (χ0) is 25.1. The molecule has 0 heterocycles. The molecule has 3 N–H and O–H groups in total. The monoisotopic (exact) mass is 432 g/mol. The van der Waals surface area contributed by atoms with Crippen molar-refractivity contribution in [2.24, 2.45) is 11.7 Å². The maximum absolute atomic E-state index is 5.91. The number of benzene rings is 1.